The Bertz CT molecular complexity index is 103. The highest BCUT2D eigenvalue weighted by Gasteiger charge is 1.98. The molecule has 0 heterocycles. The van der Waals surface area contributed by atoms with Gasteiger partial charge in [-0.25, -0.2) is 0 Å². The van der Waals surface area contributed by atoms with Gasteiger partial charge in [0.2, 0.25) is 0 Å². The van der Waals surface area contributed by atoms with Gasteiger partial charge in [-0.2, -0.15) is 0 Å². The second-order valence-electron chi connectivity index (χ2n) is 1.33. The van der Waals surface area contributed by atoms with Crippen LogP contribution in [0.3, 0.4) is 0 Å². The Hall–Kier alpha value is -1.26. The highest BCUT2D eigenvalue weighted by Crippen LogP contribution is 1.72. The average molecular weight is 115 g/mol. The van der Waals surface area contributed by atoms with Gasteiger partial charge in [0.25, 0.3) is 0 Å². The fraction of sp³-hybridized carbons (Fsp3) is 0.333. The Balaban J connectivity index is 3.83. The fourth-order valence-electron chi connectivity index (χ4n) is 0.130. The van der Waals surface area contributed by atoms with Crippen molar-refractivity contribution in [3.8, 4) is 0 Å². The average Bonchev–Trinajstić information content (AvgIpc) is 1.64. The highest BCUT2D eigenvalue weighted by molar-refractivity contribution is 5.93. The van der Waals surface area contributed by atoms with Crippen molar-refractivity contribution in [3.05, 3.63) is 0 Å². The van der Waals surface area contributed by atoms with Crippen LogP contribution in [0.4, 0.5) is 0 Å². The maximum atomic E-state index is 6.71. The van der Waals surface area contributed by atoms with Crippen LogP contribution in [0.5, 0.6) is 0 Å². The first kappa shape index (κ1) is 6.74. The number of guanidine groups is 2. The molecule has 0 aromatic heterocycles. The van der Waals surface area contributed by atoms with Crippen LogP contribution < -0.4 is 11.5 Å². The second-order valence-corrected chi connectivity index (χ2v) is 1.33. The summed E-state index contributed by atoms with van der Waals surface area (Å²) in [7, 11) is 1.45. The molecule has 0 rings (SSSR count). The molecule has 0 aromatic carbocycles. The zero-order valence-corrected chi connectivity index (χ0v) is 4.60. The molecule has 5 nitrogen and oxygen atoms in total. The minimum atomic E-state index is -0.225. The molecule has 0 bridgehead atoms. The second kappa shape index (κ2) is 2.15. The van der Waals surface area contributed by atoms with Crippen LogP contribution in [0.25, 0.3) is 0 Å². The van der Waals surface area contributed by atoms with E-state index in [2.05, 4.69) is 0 Å². The molecule has 0 saturated carbocycles. The van der Waals surface area contributed by atoms with E-state index in [0.29, 0.717) is 0 Å². The van der Waals surface area contributed by atoms with E-state index in [4.69, 9.17) is 22.3 Å². The predicted octanol–water partition coefficient (Wildman–Crippen LogP) is -1.29. The summed E-state index contributed by atoms with van der Waals surface area (Å²) < 4.78 is 0. The number of nitrogens with two attached hydrogens (primary N) is 2. The molecule has 0 atom stereocenters. The van der Waals surface area contributed by atoms with Gasteiger partial charge in [-0.15, -0.1) is 0 Å². The van der Waals surface area contributed by atoms with E-state index in [-0.39, 0.29) is 11.9 Å². The third-order valence-corrected chi connectivity index (χ3v) is 0.723. The maximum Gasteiger partial charge on any atom is 0.195 e. The Labute approximate surface area is 47.3 Å². The van der Waals surface area contributed by atoms with Gasteiger partial charge in [-0.3, -0.25) is 15.7 Å². The Morgan fingerprint density at radius 2 is 1.50 bits per heavy atom. The Kier molecular flexibility index (Phi) is 1.81. The molecule has 0 spiro atoms. The van der Waals surface area contributed by atoms with Crippen molar-refractivity contribution in [2.45, 2.75) is 0 Å². The van der Waals surface area contributed by atoms with E-state index in [1.54, 1.807) is 0 Å². The molecule has 0 aromatic rings. The molecular weight excluding hydrogens is 106 g/mol. The maximum absolute atomic E-state index is 6.71. The Morgan fingerprint density at radius 3 is 1.50 bits per heavy atom. The minimum absolute atomic E-state index is 0.225. The summed E-state index contributed by atoms with van der Waals surface area (Å²) >= 11 is 0. The molecule has 0 radical (unpaired) electrons. The smallest absolute Gasteiger partial charge is 0.195 e. The fourth-order valence-corrected chi connectivity index (χ4v) is 0.130. The van der Waals surface area contributed by atoms with Crippen LogP contribution in [0, 0.1) is 10.8 Å². The number of hydrogen-bond donors (Lipinski definition) is 4. The summed E-state index contributed by atoms with van der Waals surface area (Å²) in [5, 5.41) is 13.4. The van der Waals surface area contributed by atoms with Crippen molar-refractivity contribution in [1.29, 1.82) is 10.8 Å². The lowest BCUT2D eigenvalue weighted by molar-refractivity contribution is 0.717. The molecule has 46 valence electrons. The molecule has 0 amide bonds. The van der Waals surface area contributed by atoms with Crippen LogP contribution >= 0.6 is 0 Å². The first-order valence-electron chi connectivity index (χ1n) is 1.97. The van der Waals surface area contributed by atoms with Crippen molar-refractivity contribution < 1.29 is 0 Å². The number of nitrogens with zero attached hydrogens (tertiary/aromatic N) is 1. The van der Waals surface area contributed by atoms with Gasteiger partial charge in [0, 0.05) is 7.05 Å². The summed E-state index contributed by atoms with van der Waals surface area (Å²) in [5.41, 5.74) is 9.85. The van der Waals surface area contributed by atoms with E-state index < -0.39 is 0 Å². The van der Waals surface area contributed by atoms with Gasteiger partial charge in [-0.05, 0) is 0 Å². The molecule has 0 aliphatic heterocycles. The van der Waals surface area contributed by atoms with E-state index in [9.17, 15) is 0 Å². The van der Waals surface area contributed by atoms with Gasteiger partial charge < -0.3 is 11.5 Å². The van der Waals surface area contributed by atoms with E-state index in [1.807, 2.05) is 0 Å². The summed E-state index contributed by atoms with van der Waals surface area (Å²) in [6.45, 7) is 0. The first-order valence-corrected chi connectivity index (χ1v) is 1.97. The normalized spacial score (nSPS) is 8.12. The van der Waals surface area contributed by atoms with E-state index in [0.717, 1.165) is 4.90 Å². The molecule has 8 heavy (non-hydrogen) atoms. The molecule has 5 heteroatoms. The quantitative estimate of drug-likeness (QED) is 0.233. The molecular formula is C3H9N5. The van der Waals surface area contributed by atoms with Gasteiger partial charge in [0.05, 0.1) is 0 Å². The van der Waals surface area contributed by atoms with Crippen molar-refractivity contribution >= 4 is 11.9 Å². The van der Waals surface area contributed by atoms with Crippen molar-refractivity contribution in [2.24, 2.45) is 11.5 Å². The van der Waals surface area contributed by atoms with Crippen molar-refractivity contribution in [2.75, 3.05) is 7.05 Å². The minimum Gasteiger partial charge on any atom is -0.370 e. The van der Waals surface area contributed by atoms with Gasteiger partial charge in [0.15, 0.2) is 11.9 Å². The molecule has 0 fully saturated rings. The van der Waals surface area contributed by atoms with E-state index >= 15 is 0 Å². The topological polar surface area (TPSA) is 103 Å². The predicted molar refractivity (Wildman–Crippen MR) is 31.6 cm³/mol. The zero-order valence-electron chi connectivity index (χ0n) is 4.60. The van der Waals surface area contributed by atoms with Crippen LogP contribution in [0.2, 0.25) is 0 Å². The third-order valence-electron chi connectivity index (χ3n) is 0.723. The lowest BCUT2D eigenvalue weighted by Crippen LogP contribution is -2.41. The first-order chi connectivity index (χ1) is 3.55. The van der Waals surface area contributed by atoms with Crippen LogP contribution in [-0.4, -0.2) is 23.9 Å². The number of hydrogen-bond acceptors (Lipinski definition) is 2. The number of rotatable bonds is 0. The van der Waals surface area contributed by atoms with Gasteiger partial charge in [-0.1, -0.05) is 0 Å². The summed E-state index contributed by atoms with van der Waals surface area (Å²) in [5.74, 6) is -0.449. The lowest BCUT2D eigenvalue weighted by atomic mass is 10.7. The van der Waals surface area contributed by atoms with Crippen LogP contribution in [-0.2, 0) is 0 Å². The van der Waals surface area contributed by atoms with Gasteiger partial charge >= 0.3 is 0 Å². The van der Waals surface area contributed by atoms with Gasteiger partial charge in [0.1, 0.15) is 0 Å². The van der Waals surface area contributed by atoms with E-state index in [1.165, 1.54) is 7.05 Å². The molecule has 0 saturated heterocycles. The van der Waals surface area contributed by atoms with Crippen LogP contribution in [0.1, 0.15) is 0 Å². The SMILES string of the molecule is CN(C(=N)N)C(=N)N. The summed E-state index contributed by atoms with van der Waals surface area (Å²) in [6.07, 6.45) is 0. The molecule has 0 unspecified atom stereocenters. The van der Waals surface area contributed by atoms with Crippen molar-refractivity contribution in [1.82, 2.24) is 4.90 Å². The van der Waals surface area contributed by atoms with Crippen LogP contribution in [0.15, 0.2) is 0 Å². The Morgan fingerprint density at radius 1 is 1.25 bits per heavy atom. The largest absolute Gasteiger partial charge is 0.370 e. The monoisotopic (exact) mass is 115 g/mol. The lowest BCUT2D eigenvalue weighted by Gasteiger charge is -2.12. The third kappa shape index (κ3) is 1.46. The molecule has 0 aliphatic carbocycles. The van der Waals surface area contributed by atoms with Crippen molar-refractivity contribution in [3.63, 3.8) is 0 Å². The summed E-state index contributed by atoms with van der Waals surface area (Å²) in [4.78, 5) is 1.06. The molecule has 0 aliphatic rings. The molecule has 6 N–H and O–H groups in total. The number of nitrogens with one attached hydrogen (secondary N) is 2. The standard InChI is InChI=1S/C3H9N5/c1-8(2(4)5)3(6)7/h1H3,(H3,4,5)(H3,6,7). The zero-order chi connectivity index (χ0) is 6.73. The highest BCUT2D eigenvalue weighted by atomic mass is 15.3. The summed E-state index contributed by atoms with van der Waals surface area (Å²) in [6, 6.07) is 0.